The number of alkyl halides is 6. The number of carbonyl (C=O) groups excluding carboxylic acids is 1. The SMILES string of the molecule is O=C(CS(=O)Cc1cccc(C(F)(F)F)c1)NCC(F)(F)F. The Morgan fingerprint density at radius 3 is 2.32 bits per heavy atom. The first-order valence-electron chi connectivity index (χ1n) is 5.82. The minimum absolute atomic E-state index is 0.0804. The van der Waals surface area contributed by atoms with Gasteiger partial charge in [-0.15, -0.1) is 0 Å². The van der Waals surface area contributed by atoms with Crippen LogP contribution in [-0.2, 0) is 27.5 Å². The van der Waals surface area contributed by atoms with E-state index in [-0.39, 0.29) is 11.3 Å². The van der Waals surface area contributed by atoms with Gasteiger partial charge in [-0.05, 0) is 11.6 Å². The van der Waals surface area contributed by atoms with E-state index in [0.717, 1.165) is 18.2 Å². The van der Waals surface area contributed by atoms with Gasteiger partial charge in [0.05, 0.1) is 5.56 Å². The minimum atomic E-state index is -4.59. The highest BCUT2D eigenvalue weighted by Gasteiger charge is 2.30. The lowest BCUT2D eigenvalue weighted by molar-refractivity contribution is -0.137. The fourth-order valence-corrected chi connectivity index (χ4v) is 2.52. The van der Waals surface area contributed by atoms with Crippen LogP contribution in [-0.4, -0.2) is 28.6 Å². The molecule has 0 saturated carbocycles. The van der Waals surface area contributed by atoms with Gasteiger partial charge in [-0.25, -0.2) is 0 Å². The van der Waals surface area contributed by atoms with E-state index in [0.29, 0.717) is 0 Å². The van der Waals surface area contributed by atoms with E-state index in [1.165, 1.54) is 11.4 Å². The van der Waals surface area contributed by atoms with Crippen LogP contribution in [0, 0.1) is 0 Å². The molecule has 1 amide bonds. The van der Waals surface area contributed by atoms with Crippen molar-refractivity contribution in [3.05, 3.63) is 35.4 Å². The third-order valence-electron chi connectivity index (χ3n) is 2.36. The van der Waals surface area contributed by atoms with Crippen LogP contribution >= 0.6 is 0 Å². The second-order valence-electron chi connectivity index (χ2n) is 4.32. The summed E-state index contributed by atoms with van der Waals surface area (Å²) in [5, 5.41) is 1.54. The molecule has 0 aliphatic carbocycles. The first-order chi connectivity index (χ1) is 9.97. The van der Waals surface area contributed by atoms with Gasteiger partial charge in [0.15, 0.2) is 0 Å². The highest BCUT2D eigenvalue weighted by molar-refractivity contribution is 7.84. The van der Waals surface area contributed by atoms with Crippen molar-refractivity contribution in [1.82, 2.24) is 5.32 Å². The molecule has 1 aromatic rings. The molecule has 1 atom stereocenters. The van der Waals surface area contributed by atoms with Gasteiger partial charge in [-0.3, -0.25) is 9.00 Å². The van der Waals surface area contributed by atoms with Gasteiger partial charge in [-0.2, -0.15) is 26.3 Å². The third-order valence-corrected chi connectivity index (χ3v) is 3.60. The maximum Gasteiger partial charge on any atom is 0.416 e. The Bertz CT molecular complexity index is 555. The second kappa shape index (κ2) is 7.12. The molecule has 124 valence electrons. The van der Waals surface area contributed by atoms with Crippen LogP contribution in [0.5, 0.6) is 0 Å². The fourth-order valence-electron chi connectivity index (χ4n) is 1.47. The summed E-state index contributed by atoms with van der Waals surface area (Å²) in [4.78, 5) is 11.1. The van der Waals surface area contributed by atoms with Crippen LogP contribution in [0.2, 0.25) is 0 Å². The van der Waals surface area contributed by atoms with Crippen molar-refractivity contribution in [2.24, 2.45) is 0 Å². The second-order valence-corrected chi connectivity index (χ2v) is 5.78. The fraction of sp³-hybridized carbons (Fsp3) is 0.417. The molecule has 1 unspecified atom stereocenters. The molecule has 0 radical (unpaired) electrons. The molecule has 1 aromatic carbocycles. The van der Waals surface area contributed by atoms with E-state index in [1.54, 1.807) is 0 Å². The number of benzene rings is 1. The number of hydrogen-bond donors (Lipinski definition) is 1. The third kappa shape index (κ3) is 6.92. The van der Waals surface area contributed by atoms with Crippen molar-refractivity contribution in [3.8, 4) is 0 Å². The molecule has 0 aliphatic heterocycles. The van der Waals surface area contributed by atoms with E-state index >= 15 is 0 Å². The molecule has 1 rings (SSSR count). The molecule has 0 fully saturated rings. The molecule has 0 aromatic heterocycles. The normalized spacial score (nSPS) is 13.7. The van der Waals surface area contributed by atoms with Gasteiger partial charge >= 0.3 is 12.4 Å². The average Bonchev–Trinajstić information content (AvgIpc) is 2.34. The average molecular weight is 347 g/mol. The number of carbonyl (C=O) groups is 1. The lowest BCUT2D eigenvalue weighted by atomic mass is 10.1. The maximum absolute atomic E-state index is 12.5. The van der Waals surface area contributed by atoms with Gasteiger partial charge in [-0.1, -0.05) is 18.2 Å². The topological polar surface area (TPSA) is 46.2 Å². The Kier molecular flexibility index (Phi) is 5.98. The van der Waals surface area contributed by atoms with E-state index in [4.69, 9.17) is 0 Å². The van der Waals surface area contributed by atoms with E-state index in [2.05, 4.69) is 0 Å². The summed E-state index contributed by atoms with van der Waals surface area (Å²) in [6.45, 7) is -1.55. The van der Waals surface area contributed by atoms with Gasteiger partial charge in [0, 0.05) is 16.6 Å². The zero-order valence-corrected chi connectivity index (χ0v) is 11.7. The Labute approximate surface area is 124 Å². The number of hydrogen-bond acceptors (Lipinski definition) is 2. The van der Waals surface area contributed by atoms with Gasteiger partial charge < -0.3 is 5.32 Å². The summed E-state index contributed by atoms with van der Waals surface area (Å²) in [5.74, 6) is -2.15. The van der Waals surface area contributed by atoms with Gasteiger partial charge in [0.25, 0.3) is 0 Å². The van der Waals surface area contributed by atoms with Gasteiger partial charge in [0.2, 0.25) is 5.91 Å². The summed E-state index contributed by atoms with van der Waals surface area (Å²) in [6.07, 6.45) is -9.14. The summed E-state index contributed by atoms with van der Waals surface area (Å²) in [6, 6.07) is 4.04. The molecule has 22 heavy (non-hydrogen) atoms. The largest absolute Gasteiger partial charge is 0.416 e. The highest BCUT2D eigenvalue weighted by Crippen LogP contribution is 2.29. The van der Waals surface area contributed by atoms with E-state index < -0.39 is 46.9 Å². The Hall–Kier alpha value is -1.58. The zero-order chi connectivity index (χ0) is 17.0. The van der Waals surface area contributed by atoms with Crippen LogP contribution in [0.1, 0.15) is 11.1 Å². The van der Waals surface area contributed by atoms with Crippen molar-refractivity contribution in [1.29, 1.82) is 0 Å². The molecule has 0 aliphatic rings. The molecule has 0 heterocycles. The Balaban J connectivity index is 2.57. The quantitative estimate of drug-likeness (QED) is 0.833. The van der Waals surface area contributed by atoms with Crippen LogP contribution in [0.3, 0.4) is 0 Å². The molecule has 0 saturated heterocycles. The van der Waals surface area contributed by atoms with Crippen molar-refractivity contribution < 1.29 is 35.3 Å². The predicted molar refractivity (Wildman–Crippen MR) is 67.2 cm³/mol. The number of halogens is 6. The molecule has 3 nitrogen and oxygen atoms in total. The molecule has 10 heteroatoms. The monoisotopic (exact) mass is 347 g/mol. The van der Waals surface area contributed by atoms with Crippen molar-refractivity contribution >= 4 is 16.7 Å². The van der Waals surface area contributed by atoms with Gasteiger partial charge in [0.1, 0.15) is 12.3 Å². The molecular weight excluding hydrogens is 336 g/mol. The smallest absolute Gasteiger partial charge is 0.346 e. The van der Waals surface area contributed by atoms with Crippen LogP contribution in [0.4, 0.5) is 26.3 Å². The Morgan fingerprint density at radius 2 is 1.77 bits per heavy atom. The van der Waals surface area contributed by atoms with E-state index in [9.17, 15) is 35.3 Å². The molecule has 0 spiro atoms. The summed E-state index contributed by atoms with van der Waals surface area (Å²) in [7, 11) is -1.91. The zero-order valence-electron chi connectivity index (χ0n) is 10.9. The molecular formula is C12H11F6NO2S. The summed E-state index contributed by atoms with van der Waals surface area (Å²) in [5.41, 5.74) is -0.847. The van der Waals surface area contributed by atoms with Crippen LogP contribution in [0.15, 0.2) is 24.3 Å². The lowest BCUT2D eigenvalue weighted by Crippen LogP contribution is -2.36. The van der Waals surface area contributed by atoms with Crippen molar-refractivity contribution in [2.45, 2.75) is 18.1 Å². The summed E-state index contributed by atoms with van der Waals surface area (Å²) >= 11 is 0. The predicted octanol–water partition coefficient (Wildman–Crippen LogP) is 2.63. The lowest BCUT2D eigenvalue weighted by Gasteiger charge is -2.09. The van der Waals surface area contributed by atoms with Crippen LogP contribution < -0.4 is 5.32 Å². The highest BCUT2D eigenvalue weighted by atomic mass is 32.2. The van der Waals surface area contributed by atoms with Crippen molar-refractivity contribution in [3.63, 3.8) is 0 Å². The van der Waals surface area contributed by atoms with Crippen LogP contribution in [0.25, 0.3) is 0 Å². The first kappa shape index (κ1) is 18.5. The first-order valence-corrected chi connectivity index (χ1v) is 7.31. The minimum Gasteiger partial charge on any atom is -0.346 e. The number of nitrogens with one attached hydrogen (secondary N) is 1. The number of amides is 1. The summed E-state index contributed by atoms with van der Waals surface area (Å²) < 4.78 is 84.6. The maximum atomic E-state index is 12.5. The molecule has 1 N–H and O–H groups in total. The Morgan fingerprint density at radius 1 is 1.14 bits per heavy atom. The number of rotatable bonds is 5. The molecule has 0 bridgehead atoms. The van der Waals surface area contributed by atoms with E-state index in [1.807, 2.05) is 0 Å². The standard InChI is InChI=1S/C12H11F6NO2S/c13-11(14,15)7-19-10(20)6-22(21)5-8-2-1-3-9(4-8)12(16,17)18/h1-4H,5-7H2,(H,19,20). The van der Waals surface area contributed by atoms with Crippen molar-refractivity contribution in [2.75, 3.05) is 12.3 Å².